The summed E-state index contributed by atoms with van der Waals surface area (Å²) in [4.78, 5) is 4.14. The molecule has 1 N–H and O–H groups in total. The molecule has 0 spiro atoms. The molecule has 5 heteroatoms. The van der Waals surface area contributed by atoms with Crippen LogP contribution >= 0.6 is 11.6 Å². The van der Waals surface area contributed by atoms with Gasteiger partial charge in [0.05, 0.1) is 23.0 Å². The predicted molar refractivity (Wildman–Crippen MR) is 77.2 cm³/mol. The molecule has 1 unspecified atom stereocenters. The number of aromatic nitrogens is 3. The minimum atomic E-state index is 0.213. The Balaban J connectivity index is 2.09. The first-order chi connectivity index (χ1) is 9.22. The summed E-state index contributed by atoms with van der Waals surface area (Å²) in [6.07, 6.45) is 7.34. The minimum absolute atomic E-state index is 0.213. The quantitative estimate of drug-likeness (QED) is 0.883. The molecule has 4 nitrogen and oxygen atoms in total. The molecule has 19 heavy (non-hydrogen) atoms. The van der Waals surface area contributed by atoms with E-state index in [-0.39, 0.29) is 6.04 Å². The molecule has 1 atom stereocenters. The number of aryl methyl sites for hydroxylation is 2. The summed E-state index contributed by atoms with van der Waals surface area (Å²) in [5.41, 5.74) is 2.29. The molecule has 0 radical (unpaired) electrons. The van der Waals surface area contributed by atoms with Crippen LogP contribution in [0.3, 0.4) is 0 Å². The van der Waals surface area contributed by atoms with E-state index < -0.39 is 0 Å². The van der Waals surface area contributed by atoms with Crippen molar-refractivity contribution in [3.8, 4) is 0 Å². The number of pyridine rings is 1. The summed E-state index contributed by atoms with van der Waals surface area (Å²) in [6, 6.07) is 4.28. The Hall–Kier alpha value is -1.39. The van der Waals surface area contributed by atoms with Crippen LogP contribution in [0, 0.1) is 0 Å². The maximum absolute atomic E-state index is 6.22. The van der Waals surface area contributed by atoms with Crippen molar-refractivity contribution in [2.45, 2.75) is 25.8 Å². The van der Waals surface area contributed by atoms with E-state index in [9.17, 15) is 0 Å². The van der Waals surface area contributed by atoms with Crippen molar-refractivity contribution in [1.29, 1.82) is 0 Å². The lowest BCUT2D eigenvalue weighted by atomic mass is 10.0. The zero-order valence-electron chi connectivity index (χ0n) is 11.3. The third-order valence-electron chi connectivity index (χ3n) is 3.16. The van der Waals surface area contributed by atoms with E-state index in [1.165, 1.54) is 5.56 Å². The second-order valence-electron chi connectivity index (χ2n) is 4.51. The van der Waals surface area contributed by atoms with Crippen molar-refractivity contribution in [3.05, 3.63) is 47.0 Å². The molecule has 0 bridgehead atoms. The van der Waals surface area contributed by atoms with Gasteiger partial charge in [-0.15, -0.1) is 0 Å². The SMILES string of the molecule is CCNC(CCc1cccnc1)c1c(Cl)cnn1C. The van der Waals surface area contributed by atoms with Crippen LogP contribution in [0.1, 0.15) is 30.6 Å². The van der Waals surface area contributed by atoms with Gasteiger partial charge in [-0.3, -0.25) is 9.67 Å². The van der Waals surface area contributed by atoms with Gasteiger partial charge < -0.3 is 5.32 Å². The van der Waals surface area contributed by atoms with Gasteiger partial charge in [-0.1, -0.05) is 24.6 Å². The van der Waals surface area contributed by atoms with E-state index in [1.807, 2.05) is 24.0 Å². The summed E-state index contributed by atoms with van der Waals surface area (Å²) in [6.45, 7) is 3.00. The molecule has 2 heterocycles. The predicted octanol–water partition coefficient (Wildman–Crippen LogP) is 2.75. The van der Waals surface area contributed by atoms with Crippen molar-refractivity contribution >= 4 is 11.6 Å². The second kappa shape index (κ2) is 6.68. The highest BCUT2D eigenvalue weighted by molar-refractivity contribution is 6.31. The standard InChI is InChI=1S/C14H19ClN4/c1-3-17-13(14-12(15)10-18-19(14)2)7-6-11-5-4-8-16-9-11/h4-5,8-10,13,17H,3,6-7H2,1-2H3. The first-order valence-corrected chi connectivity index (χ1v) is 6.89. The lowest BCUT2D eigenvalue weighted by molar-refractivity contribution is 0.480. The molecular formula is C14H19ClN4. The lowest BCUT2D eigenvalue weighted by Crippen LogP contribution is -2.24. The zero-order valence-corrected chi connectivity index (χ0v) is 12.1. The van der Waals surface area contributed by atoms with Gasteiger partial charge in [0.2, 0.25) is 0 Å². The normalized spacial score (nSPS) is 12.6. The van der Waals surface area contributed by atoms with Gasteiger partial charge in [-0.25, -0.2) is 0 Å². The number of hydrogen-bond donors (Lipinski definition) is 1. The molecule has 2 rings (SSSR count). The Morgan fingerprint density at radius 2 is 2.26 bits per heavy atom. The molecule has 0 aliphatic carbocycles. The third-order valence-corrected chi connectivity index (χ3v) is 3.45. The maximum Gasteiger partial charge on any atom is 0.0834 e. The Kier molecular flexibility index (Phi) is 4.93. The summed E-state index contributed by atoms with van der Waals surface area (Å²) in [5.74, 6) is 0. The Bertz CT molecular complexity index is 490. The van der Waals surface area contributed by atoms with Gasteiger partial charge in [0, 0.05) is 19.4 Å². The van der Waals surface area contributed by atoms with Crippen LogP contribution in [0.5, 0.6) is 0 Å². The van der Waals surface area contributed by atoms with Crippen LogP contribution in [0.25, 0.3) is 0 Å². The fourth-order valence-corrected chi connectivity index (χ4v) is 2.55. The smallest absolute Gasteiger partial charge is 0.0834 e. The molecule has 102 valence electrons. The summed E-state index contributed by atoms with van der Waals surface area (Å²) in [7, 11) is 1.93. The van der Waals surface area contributed by atoms with Crippen molar-refractivity contribution in [2.24, 2.45) is 7.05 Å². The molecule has 0 aliphatic heterocycles. The largest absolute Gasteiger partial charge is 0.309 e. The van der Waals surface area contributed by atoms with E-state index in [1.54, 1.807) is 12.4 Å². The number of nitrogens with zero attached hydrogens (tertiary/aromatic N) is 3. The second-order valence-corrected chi connectivity index (χ2v) is 4.92. The molecule has 0 amide bonds. The van der Waals surface area contributed by atoms with Gasteiger partial charge >= 0.3 is 0 Å². The van der Waals surface area contributed by atoms with Crippen LogP contribution in [0.15, 0.2) is 30.7 Å². The molecule has 2 aromatic heterocycles. The van der Waals surface area contributed by atoms with E-state index in [4.69, 9.17) is 11.6 Å². The van der Waals surface area contributed by atoms with Crippen molar-refractivity contribution < 1.29 is 0 Å². The van der Waals surface area contributed by atoms with Crippen molar-refractivity contribution in [1.82, 2.24) is 20.1 Å². The fraction of sp³-hybridized carbons (Fsp3) is 0.429. The Morgan fingerprint density at radius 3 is 2.84 bits per heavy atom. The van der Waals surface area contributed by atoms with Gasteiger partial charge in [-0.05, 0) is 31.0 Å². The van der Waals surface area contributed by atoms with Crippen LogP contribution in [-0.2, 0) is 13.5 Å². The van der Waals surface area contributed by atoms with Crippen molar-refractivity contribution in [2.75, 3.05) is 6.54 Å². The highest BCUT2D eigenvalue weighted by atomic mass is 35.5. The molecule has 0 aliphatic rings. The summed E-state index contributed by atoms with van der Waals surface area (Å²) >= 11 is 6.22. The highest BCUT2D eigenvalue weighted by Crippen LogP contribution is 2.25. The Morgan fingerprint density at radius 1 is 1.42 bits per heavy atom. The number of nitrogens with one attached hydrogen (secondary N) is 1. The molecule has 2 aromatic rings. The molecular weight excluding hydrogens is 260 g/mol. The minimum Gasteiger partial charge on any atom is -0.309 e. The van der Waals surface area contributed by atoms with E-state index in [0.29, 0.717) is 0 Å². The zero-order chi connectivity index (χ0) is 13.7. The number of hydrogen-bond acceptors (Lipinski definition) is 3. The van der Waals surface area contributed by atoms with Crippen molar-refractivity contribution in [3.63, 3.8) is 0 Å². The van der Waals surface area contributed by atoms with Crippen LogP contribution in [0.4, 0.5) is 0 Å². The number of rotatable bonds is 6. The van der Waals surface area contributed by atoms with Crippen LogP contribution in [-0.4, -0.2) is 21.3 Å². The first-order valence-electron chi connectivity index (χ1n) is 6.52. The first kappa shape index (κ1) is 14.0. The maximum atomic E-state index is 6.22. The monoisotopic (exact) mass is 278 g/mol. The Labute approximate surface area is 118 Å². The number of halogens is 1. The van der Waals surface area contributed by atoms with E-state index in [2.05, 4.69) is 28.4 Å². The highest BCUT2D eigenvalue weighted by Gasteiger charge is 2.18. The summed E-state index contributed by atoms with van der Waals surface area (Å²) < 4.78 is 1.85. The summed E-state index contributed by atoms with van der Waals surface area (Å²) in [5, 5.41) is 8.40. The van der Waals surface area contributed by atoms with Gasteiger partial charge in [0.1, 0.15) is 0 Å². The van der Waals surface area contributed by atoms with E-state index in [0.717, 1.165) is 30.1 Å². The van der Waals surface area contributed by atoms with Gasteiger partial charge in [-0.2, -0.15) is 5.10 Å². The van der Waals surface area contributed by atoms with E-state index >= 15 is 0 Å². The topological polar surface area (TPSA) is 42.7 Å². The molecule has 0 saturated heterocycles. The average molecular weight is 279 g/mol. The van der Waals surface area contributed by atoms with Crippen LogP contribution in [0.2, 0.25) is 5.02 Å². The lowest BCUT2D eigenvalue weighted by Gasteiger charge is -2.18. The van der Waals surface area contributed by atoms with Crippen LogP contribution < -0.4 is 5.32 Å². The molecule has 0 saturated carbocycles. The van der Waals surface area contributed by atoms with Gasteiger partial charge in [0.25, 0.3) is 0 Å². The average Bonchev–Trinajstić information content (AvgIpc) is 2.76. The molecule has 0 aromatic carbocycles. The fourth-order valence-electron chi connectivity index (χ4n) is 2.25. The third kappa shape index (κ3) is 3.55. The van der Waals surface area contributed by atoms with Gasteiger partial charge in [0.15, 0.2) is 0 Å². The molecule has 0 fully saturated rings.